The van der Waals surface area contributed by atoms with Crippen LogP contribution >= 0.6 is 7.82 Å². The fraction of sp³-hybridized carbons (Fsp3) is 0.741. The average molecular weight is 1010 g/mol. The van der Waals surface area contributed by atoms with E-state index >= 15 is 0 Å². The number of hydrogen-bond acceptors (Lipinski definition) is 10. The first-order valence-corrected chi connectivity index (χ1v) is 29.3. The summed E-state index contributed by atoms with van der Waals surface area (Å²) in [5, 5.41) is 9.79. The molecular weight excluding hydrogens is 904 g/mol. The van der Waals surface area contributed by atoms with Crippen molar-refractivity contribution in [2.24, 2.45) is 0 Å². The molecule has 0 fully saturated rings. The highest BCUT2D eigenvalue weighted by Gasteiger charge is 2.28. The number of hydrogen-bond donors (Lipinski definition) is 2. The number of phosphoric acid groups is 1. The predicted molar refractivity (Wildman–Crippen MR) is 288 cm³/mol. The zero-order chi connectivity index (χ0) is 51.3. The van der Waals surface area contributed by atoms with Crippen molar-refractivity contribution in [3.63, 3.8) is 0 Å². The summed E-state index contributed by atoms with van der Waals surface area (Å²) in [4.78, 5) is 48.4. The zero-order valence-electron chi connectivity index (χ0n) is 44.5. The number of aliphatic hydroxyl groups excluding tert-OH is 1. The molecule has 0 bridgehead atoms. The molecule has 0 aromatic rings. The van der Waals surface area contributed by atoms with Gasteiger partial charge in [0.25, 0.3) is 0 Å². The van der Waals surface area contributed by atoms with Crippen LogP contribution in [0.3, 0.4) is 0 Å². The Balaban J connectivity index is 4.82. The van der Waals surface area contributed by atoms with Gasteiger partial charge in [-0.05, 0) is 83.5 Å². The van der Waals surface area contributed by atoms with Crippen LogP contribution < -0.4 is 0 Å². The Bertz CT molecular complexity index is 1450. The van der Waals surface area contributed by atoms with Gasteiger partial charge in [0.15, 0.2) is 6.10 Å². The Labute approximate surface area is 427 Å². The number of carbonyl (C=O) groups excluding carboxylic acids is 3. The number of esters is 3. The van der Waals surface area contributed by atoms with E-state index in [4.69, 9.17) is 23.3 Å². The highest BCUT2D eigenvalue weighted by molar-refractivity contribution is 7.47. The molecule has 0 rings (SSSR count). The Morgan fingerprint density at radius 3 is 1.23 bits per heavy atom. The van der Waals surface area contributed by atoms with Crippen molar-refractivity contribution in [3.05, 3.63) is 72.9 Å². The topological polar surface area (TPSA) is 155 Å². The SMILES string of the molecule is CC/C=C\C/C=C\C/C=C\C/C=C\C/C=C\CCCC(=O)OC(COC(=O)CCCCCCCCCCCCCCC)COP(=O)(O)OCC(CO)OC(=O)CCCCCCC/C=C\CCCCCC. The molecule has 12 heteroatoms. The molecule has 0 heterocycles. The van der Waals surface area contributed by atoms with Crippen molar-refractivity contribution in [1.82, 2.24) is 0 Å². The minimum Gasteiger partial charge on any atom is -0.462 e. The summed E-state index contributed by atoms with van der Waals surface area (Å²) in [5.41, 5.74) is 0. The van der Waals surface area contributed by atoms with E-state index in [1.807, 2.05) is 12.2 Å². The fourth-order valence-corrected chi connectivity index (χ4v) is 8.17. The molecule has 0 amide bonds. The third-order valence-corrected chi connectivity index (χ3v) is 12.6. The van der Waals surface area contributed by atoms with E-state index in [1.165, 1.54) is 83.5 Å². The van der Waals surface area contributed by atoms with Crippen LogP contribution in [0.5, 0.6) is 0 Å². The van der Waals surface area contributed by atoms with E-state index in [0.29, 0.717) is 25.7 Å². The standard InChI is InChI=1S/C58H101O11P/c1-4-7-10-13-16-19-22-25-26-27-28-31-34-37-40-43-46-49-58(62)69-55(51-65-56(60)47-44-41-38-35-32-29-23-20-17-14-11-8-5-2)53-67-70(63,64)66-52-54(50-59)68-57(61)48-45-42-39-36-33-30-24-21-18-15-12-9-6-3/h7,10,16,19,21,24-26,28,31,37,40,54-55,59H,4-6,8-9,11-15,17-18,20,22-23,27,29-30,32-36,38-39,41-53H2,1-3H3,(H,63,64)/b10-7-,19-16-,24-21-,26-25-,31-28-,40-37-. The molecule has 3 unspecified atom stereocenters. The molecular formula is C58H101O11P. The van der Waals surface area contributed by atoms with Crippen molar-refractivity contribution in [3.8, 4) is 0 Å². The lowest BCUT2D eigenvalue weighted by molar-refractivity contribution is -0.161. The van der Waals surface area contributed by atoms with E-state index in [0.717, 1.165) is 89.9 Å². The quantitative estimate of drug-likeness (QED) is 0.0197. The molecule has 11 nitrogen and oxygen atoms in total. The van der Waals surface area contributed by atoms with E-state index in [2.05, 4.69) is 81.5 Å². The first-order valence-electron chi connectivity index (χ1n) is 27.8. The monoisotopic (exact) mass is 1000 g/mol. The Hall–Kier alpha value is -3.08. The van der Waals surface area contributed by atoms with Crippen LogP contribution in [0, 0.1) is 0 Å². The molecule has 0 aliphatic rings. The van der Waals surface area contributed by atoms with Crippen LogP contribution in [-0.4, -0.2) is 66.5 Å². The summed E-state index contributed by atoms with van der Waals surface area (Å²) >= 11 is 0. The van der Waals surface area contributed by atoms with Crippen molar-refractivity contribution >= 4 is 25.7 Å². The van der Waals surface area contributed by atoms with Gasteiger partial charge in [-0.15, -0.1) is 0 Å². The third-order valence-electron chi connectivity index (χ3n) is 11.6. The van der Waals surface area contributed by atoms with Crippen LogP contribution in [0.4, 0.5) is 0 Å². The summed E-state index contributed by atoms with van der Waals surface area (Å²) < 4.78 is 39.4. The maximum atomic E-state index is 12.9. The smallest absolute Gasteiger partial charge is 0.462 e. The summed E-state index contributed by atoms with van der Waals surface area (Å²) in [5.74, 6) is -1.54. The molecule has 70 heavy (non-hydrogen) atoms. The Kier molecular flexibility index (Phi) is 50.0. The molecule has 0 aliphatic heterocycles. The second-order valence-corrected chi connectivity index (χ2v) is 19.8. The van der Waals surface area contributed by atoms with Gasteiger partial charge in [-0.3, -0.25) is 23.4 Å². The molecule has 3 atom stereocenters. The van der Waals surface area contributed by atoms with Crippen LogP contribution in [0.2, 0.25) is 0 Å². The van der Waals surface area contributed by atoms with Crippen LogP contribution in [0.25, 0.3) is 0 Å². The number of rotatable bonds is 51. The summed E-state index contributed by atoms with van der Waals surface area (Å²) in [6, 6.07) is 0. The van der Waals surface area contributed by atoms with E-state index in [1.54, 1.807) is 0 Å². The first-order chi connectivity index (χ1) is 34.2. The van der Waals surface area contributed by atoms with Crippen molar-refractivity contribution < 1.29 is 52.2 Å². The number of allylic oxidation sites excluding steroid dienone is 12. The Morgan fingerprint density at radius 1 is 0.414 bits per heavy atom. The lowest BCUT2D eigenvalue weighted by Crippen LogP contribution is -2.30. The van der Waals surface area contributed by atoms with E-state index in [9.17, 15) is 28.9 Å². The maximum absolute atomic E-state index is 12.9. The van der Waals surface area contributed by atoms with Gasteiger partial charge in [-0.25, -0.2) is 4.57 Å². The van der Waals surface area contributed by atoms with Crippen molar-refractivity contribution in [1.29, 1.82) is 0 Å². The molecule has 0 aromatic heterocycles. The fourth-order valence-electron chi connectivity index (χ4n) is 7.39. The zero-order valence-corrected chi connectivity index (χ0v) is 45.4. The van der Waals surface area contributed by atoms with Gasteiger partial charge >= 0.3 is 25.7 Å². The van der Waals surface area contributed by atoms with Crippen molar-refractivity contribution in [2.45, 2.75) is 251 Å². The number of aliphatic hydroxyl groups is 1. The van der Waals surface area contributed by atoms with Crippen LogP contribution in [0.15, 0.2) is 72.9 Å². The first kappa shape index (κ1) is 66.9. The van der Waals surface area contributed by atoms with Gasteiger partial charge < -0.3 is 24.2 Å². The summed E-state index contributed by atoms with van der Waals surface area (Å²) in [6.45, 7) is 4.44. The third kappa shape index (κ3) is 49.9. The number of unbranched alkanes of at least 4 members (excludes halogenated alkanes) is 22. The molecule has 404 valence electrons. The molecule has 2 N–H and O–H groups in total. The van der Waals surface area contributed by atoms with Gasteiger partial charge in [0.1, 0.15) is 12.7 Å². The van der Waals surface area contributed by atoms with E-state index < -0.39 is 57.8 Å². The second-order valence-electron chi connectivity index (χ2n) is 18.4. The summed E-state index contributed by atoms with van der Waals surface area (Å²) in [7, 11) is -4.76. The van der Waals surface area contributed by atoms with Gasteiger partial charge in [-0.2, -0.15) is 0 Å². The van der Waals surface area contributed by atoms with Crippen molar-refractivity contribution in [2.75, 3.05) is 26.4 Å². The normalized spacial score (nSPS) is 14.0. The van der Waals surface area contributed by atoms with Gasteiger partial charge in [0.2, 0.25) is 0 Å². The predicted octanol–water partition coefficient (Wildman–Crippen LogP) is 16.1. The molecule has 0 saturated carbocycles. The molecule has 0 spiro atoms. The highest BCUT2D eigenvalue weighted by Crippen LogP contribution is 2.43. The Morgan fingerprint density at radius 2 is 0.757 bits per heavy atom. The highest BCUT2D eigenvalue weighted by atomic mass is 31.2. The summed E-state index contributed by atoms with van der Waals surface area (Å²) in [6.07, 6.45) is 57.3. The van der Waals surface area contributed by atoms with Gasteiger partial charge in [0.05, 0.1) is 19.8 Å². The maximum Gasteiger partial charge on any atom is 0.472 e. The average Bonchev–Trinajstić information content (AvgIpc) is 3.35. The molecule has 0 radical (unpaired) electrons. The second kappa shape index (κ2) is 52.2. The lowest BCUT2D eigenvalue weighted by Gasteiger charge is -2.21. The van der Waals surface area contributed by atoms with Gasteiger partial charge in [0, 0.05) is 19.3 Å². The minimum atomic E-state index is -4.76. The minimum absolute atomic E-state index is 0.0887. The number of carbonyl (C=O) groups is 3. The van der Waals surface area contributed by atoms with E-state index in [-0.39, 0.29) is 25.9 Å². The lowest BCUT2D eigenvalue weighted by atomic mass is 10.0. The molecule has 0 aliphatic carbocycles. The number of ether oxygens (including phenoxy) is 3. The largest absolute Gasteiger partial charge is 0.472 e. The number of phosphoric ester groups is 1. The van der Waals surface area contributed by atoms with Crippen LogP contribution in [-0.2, 0) is 42.2 Å². The molecule has 0 aromatic carbocycles. The molecule has 0 saturated heterocycles. The van der Waals surface area contributed by atoms with Gasteiger partial charge in [-0.1, -0.05) is 209 Å². The van der Waals surface area contributed by atoms with Crippen LogP contribution in [0.1, 0.15) is 239 Å².